The SMILES string of the molecule is O=C(c1ccc(Cl)cc1Cl)N1CCC(c2c[nH]c3cccnc23)CC1. The van der Waals surface area contributed by atoms with E-state index in [2.05, 4.69) is 16.2 Å². The summed E-state index contributed by atoms with van der Waals surface area (Å²) in [5.41, 5.74) is 3.85. The van der Waals surface area contributed by atoms with E-state index in [9.17, 15) is 4.79 Å². The van der Waals surface area contributed by atoms with Crippen LogP contribution >= 0.6 is 23.2 Å². The Morgan fingerprint density at radius 2 is 2.00 bits per heavy atom. The number of halogens is 2. The van der Waals surface area contributed by atoms with Gasteiger partial charge in [0.1, 0.15) is 0 Å². The largest absolute Gasteiger partial charge is 0.360 e. The number of nitrogens with zero attached hydrogens (tertiary/aromatic N) is 2. The first-order valence-electron chi connectivity index (χ1n) is 8.30. The third-order valence-corrected chi connectivity index (χ3v) is 5.40. The van der Waals surface area contributed by atoms with Gasteiger partial charge in [0.15, 0.2) is 0 Å². The monoisotopic (exact) mass is 373 g/mol. The molecule has 0 unspecified atom stereocenters. The molecule has 4 rings (SSSR count). The van der Waals surface area contributed by atoms with Gasteiger partial charge in [-0.3, -0.25) is 9.78 Å². The Kier molecular flexibility index (Phi) is 4.40. The van der Waals surface area contributed by atoms with Gasteiger partial charge in [0.2, 0.25) is 0 Å². The number of aromatic amines is 1. The number of piperidine rings is 1. The smallest absolute Gasteiger partial charge is 0.255 e. The van der Waals surface area contributed by atoms with E-state index >= 15 is 0 Å². The summed E-state index contributed by atoms with van der Waals surface area (Å²) in [6, 6.07) is 8.97. The van der Waals surface area contributed by atoms with E-state index in [1.807, 2.05) is 23.2 Å². The fraction of sp³-hybridized carbons (Fsp3) is 0.263. The van der Waals surface area contributed by atoms with Crippen LogP contribution in [0.2, 0.25) is 10.0 Å². The molecule has 1 aliphatic rings. The second-order valence-electron chi connectivity index (χ2n) is 6.33. The van der Waals surface area contributed by atoms with Crippen molar-refractivity contribution in [3.8, 4) is 0 Å². The lowest BCUT2D eigenvalue weighted by molar-refractivity contribution is 0.0713. The van der Waals surface area contributed by atoms with Crippen molar-refractivity contribution in [2.24, 2.45) is 0 Å². The number of nitrogens with one attached hydrogen (secondary N) is 1. The molecule has 2 aromatic heterocycles. The molecule has 0 aliphatic carbocycles. The van der Waals surface area contributed by atoms with Gasteiger partial charge in [-0.2, -0.15) is 0 Å². The third kappa shape index (κ3) is 3.12. The van der Waals surface area contributed by atoms with E-state index in [-0.39, 0.29) is 5.91 Å². The van der Waals surface area contributed by atoms with Crippen molar-refractivity contribution in [3.05, 3.63) is 63.9 Å². The molecule has 25 heavy (non-hydrogen) atoms. The average molecular weight is 374 g/mol. The maximum Gasteiger partial charge on any atom is 0.255 e. The Hall–Kier alpha value is -2.04. The Morgan fingerprint density at radius 3 is 2.76 bits per heavy atom. The predicted octanol–water partition coefficient (Wildman–Crippen LogP) is 4.89. The number of fused-ring (bicyclic) bond motifs is 1. The maximum absolute atomic E-state index is 12.7. The molecule has 0 atom stereocenters. The van der Waals surface area contributed by atoms with Gasteiger partial charge in [0.25, 0.3) is 5.91 Å². The van der Waals surface area contributed by atoms with E-state index in [0.29, 0.717) is 34.6 Å². The van der Waals surface area contributed by atoms with E-state index in [1.165, 1.54) is 5.56 Å². The molecule has 3 heterocycles. The van der Waals surface area contributed by atoms with Crippen molar-refractivity contribution in [3.63, 3.8) is 0 Å². The molecule has 3 aromatic rings. The lowest BCUT2D eigenvalue weighted by Gasteiger charge is -2.32. The fourth-order valence-electron chi connectivity index (χ4n) is 3.51. The number of hydrogen-bond donors (Lipinski definition) is 1. The number of pyridine rings is 1. The van der Waals surface area contributed by atoms with Gasteiger partial charge in [-0.1, -0.05) is 23.2 Å². The topological polar surface area (TPSA) is 49.0 Å². The van der Waals surface area contributed by atoms with Crippen molar-refractivity contribution in [1.29, 1.82) is 0 Å². The summed E-state index contributed by atoms with van der Waals surface area (Å²) in [6.07, 6.45) is 5.71. The molecule has 0 saturated carbocycles. The quantitative estimate of drug-likeness (QED) is 0.694. The molecule has 6 heteroatoms. The summed E-state index contributed by atoms with van der Waals surface area (Å²) in [6.45, 7) is 1.42. The molecule has 1 fully saturated rings. The highest BCUT2D eigenvalue weighted by atomic mass is 35.5. The third-order valence-electron chi connectivity index (χ3n) is 4.85. The number of carbonyl (C=O) groups excluding carboxylic acids is 1. The molecular weight excluding hydrogens is 357 g/mol. The molecule has 0 spiro atoms. The number of rotatable bonds is 2. The van der Waals surface area contributed by atoms with Crippen LogP contribution in [0.15, 0.2) is 42.7 Å². The van der Waals surface area contributed by atoms with E-state index in [4.69, 9.17) is 23.2 Å². The number of aromatic nitrogens is 2. The van der Waals surface area contributed by atoms with Crippen LogP contribution in [0.3, 0.4) is 0 Å². The van der Waals surface area contributed by atoms with Gasteiger partial charge in [-0.25, -0.2) is 0 Å². The first kappa shape index (κ1) is 16.4. The predicted molar refractivity (Wildman–Crippen MR) is 100 cm³/mol. The number of hydrogen-bond acceptors (Lipinski definition) is 2. The molecule has 1 aliphatic heterocycles. The van der Waals surface area contributed by atoms with Crippen molar-refractivity contribution >= 4 is 40.1 Å². The molecular formula is C19H17Cl2N3O. The van der Waals surface area contributed by atoms with Crippen LogP contribution < -0.4 is 0 Å². The van der Waals surface area contributed by atoms with Gasteiger partial charge in [0.05, 0.1) is 21.6 Å². The van der Waals surface area contributed by atoms with E-state index < -0.39 is 0 Å². The van der Waals surface area contributed by atoms with Crippen LogP contribution in [0.5, 0.6) is 0 Å². The molecule has 1 amide bonds. The van der Waals surface area contributed by atoms with Gasteiger partial charge in [-0.15, -0.1) is 0 Å². The second-order valence-corrected chi connectivity index (χ2v) is 7.18. The van der Waals surface area contributed by atoms with Crippen molar-refractivity contribution < 1.29 is 4.79 Å². The summed E-state index contributed by atoms with van der Waals surface area (Å²) in [5, 5.41) is 0.938. The van der Waals surface area contributed by atoms with Crippen LogP contribution in [0.25, 0.3) is 11.0 Å². The summed E-state index contributed by atoms with van der Waals surface area (Å²) in [7, 11) is 0. The molecule has 4 nitrogen and oxygen atoms in total. The highest BCUT2D eigenvalue weighted by Crippen LogP contribution is 2.33. The highest BCUT2D eigenvalue weighted by molar-refractivity contribution is 6.36. The molecule has 1 saturated heterocycles. The van der Waals surface area contributed by atoms with Crippen molar-refractivity contribution in [1.82, 2.24) is 14.9 Å². The second kappa shape index (κ2) is 6.70. The Labute approximate surface area is 155 Å². The highest BCUT2D eigenvalue weighted by Gasteiger charge is 2.27. The molecule has 128 valence electrons. The number of benzene rings is 1. The average Bonchev–Trinajstić information content (AvgIpc) is 3.05. The molecule has 0 bridgehead atoms. The minimum Gasteiger partial charge on any atom is -0.360 e. The zero-order valence-corrected chi connectivity index (χ0v) is 15.0. The Balaban J connectivity index is 1.49. The van der Waals surface area contributed by atoms with Crippen molar-refractivity contribution in [2.45, 2.75) is 18.8 Å². The van der Waals surface area contributed by atoms with Crippen LogP contribution in [0.4, 0.5) is 0 Å². The molecule has 0 radical (unpaired) electrons. The number of H-pyrrole nitrogens is 1. The maximum atomic E-state index is 12.7. The minimum absolute atomic E-state index is 0.0304. The first-order valence-corrected chi connectivity index (χ1v) is 9.05. The first-order chi connectivity index (χ1) is 12.1. The lowest BCUT2D eigenvalue weighted by atomic mass is 9.90. The van der Waals surface area contributed by atoms with Crippen LogP contribution in [0, 0.1) is 0 Å². The number of carbonyl (C=O) groups is 1. The van der Waals surface area contributed by atoms with Crippen molar-refractivity contribution in [2.75, 3.05) is 13.1 Å². The zero-order chi connectivity index (χ0) is 17.4. The molecule has 1 N–H and O–H groups in total. The van der Waals surface area contributed by atoms with Gasteiger partial charge < -0.3 is 9.88 Å². The molecule has 1 aromatic carbocycles. The summed E-state index contributed by atoms with van der Waals surface area (Å²) in [4.78, 5) is 22.4. The van der Waals surface area contributed by atoms with Gasteiger partial charge >= 0.3 is 0 Å². The van der Waals surface area contributed by atoms with Gasteiger partial charge in [-0.05, 0) is 54.7 Å². The van der Waals surface area contributed by atoms with Gasteiger partial charge in [0, 0.05) is 30.5 Å². The lowest BCUT2D eigenvalue weighted by Crippen LogP contribution is -2.38. The number of amides is 1. The van der Waals surface area contributed by atoms with Crippen LogP contribution in [0.1, 0.15) is 34.7 Å². The summed E-state index contributed by atoms with van der Waals surface area (Å²) in [5.74, 6) is 0.380. The van der Waals surface area contributed by atoms with E-state index in [0.717, 1.165) is 23.9 Å². The summed E-state index contributed by atoms with van der Waals surface area (Å²) >= 11 is 12.1. The standard InChI is InChI=1S/C19H17Cl2N3O/c20-13-3-4-14(16(21)10-13)19(25)24-8-5-12(6-9-24)15-11-23-17-2-1-7-22-18(15)17/h1-4,7,10-12,23H,5-6,8-9H2. The Morgan fingerprint density at radius 1 is 1.20 bits per heavy atom. The van der Waals surface area contributed by atoms with Crippen LogP contribution in [-0.4, -0.2) is 33.9 Å². The zero-order valence-electron chi connectivity index (χ0n) is 13.5. The summed E-state index contributed by atoms with van der Waals surface area (Å²) < 4.78 is 0. The van der Waals surface area contributed by atoms with E-state index in [1.54, 1.807) is 18.2 Å². The Bertz CT molecular complexity index is 929. The minimum atomic E-state index is -0.0304. The normalized spacial score (nSPS) is 15.7. The number of likely N-dealkylation sites (tertiary alicyclic amines) is 1. The van der Waals surface area contributed by atoms with Crippen LogP contribution in [-0.2, 0) is 0 Å². The fourth-order valence-corrected chi connectivity index (χ4v) is 4.00.